The van der Waals surface area contributed by atoms with Gasteiger partial charge in [-0.2, -0.15) is 5.10 Å². The Kier molecular flexibility index (Phi) is 6.94. The van der Waals surface area contributed by atoms with Gasteiger partial charge in [-0.15, -0.1) is 0 Å². The lowest BCUT2D eigenvalue weighted by Gasteiger charge is -2.05. The first-order chi connectivity index (χ1) is 8.29. The Morgan fingerprint density at radius 1 is 1.12 bits per heavy atom. The summed E-state index contributed by atoms with van der Waals surface area (Å²) in [6, 6.07) is 0. The van der Waals surface area contributed by atoms with Crippen LogP contribution in [0.25, 0.3) is 0 Å². The van der Waals surface area contributed by atoms with Crippen LogP contribution in [0.3, 0.4) is 0 Å². The third kappa shape index (κ3) is 4.90. The molecule has 0 atom stereocenters. The highest BCUT2D eigenvalue weighted by Crippen LogP contribution is 2.10. The van der Waals surface area contributed by atoms with E-state index in [0.717, 1.165) is 6.54 Å². The Morgan fingerprint density at radius 3 is 2.35 bits per heavy atom. The van der Waals surface area contributed by atoms with E-state index in [4.69, 9.17) is 5.73 Å². The molecule has 0 fully saturated rings. The lowest BCUT2D eigenvalue weighted by Crippen LogP contribution is -2.04. The largest absolute Gasteiger partial charge is 0.326 e. The van der Waals surface area contributed by atoms with Gasteiger partial charge in [-0.25, -0.2) is 0 Å². The van der Waals surface area contributed by atoms with Crippen molar-refractivity contribution in [2.24, 2.45) is 5.73 Å². The number of unbranched alkanes of at least 4 members (excludes halogenated alkanes) is 6. The highest BCUT2D eigenvalue weighted by Gasteiger charge is 2.03. The van der Waals surface area contributed by atoms with E-state index < -0.39 is 0 Å². The Morgan fingerprint density at radius 2 is 1.76 bits per heavy atom. The van der Waals surface area contributed by atoms with Gasteiger partial charge in [0.1, 0.15) is 0 Å². The maximum absolute atomic E-state index is 5.63. The van der Waals surface area contributed by atoms with Crippen molar-refractivity contribution in [2.45, 2.75) is 71.9 Å². The summed E-state index contributed by atoms with van der Waals surface area (Å²) in [5, 5.41) is 4.37. The van der Waals surface area contributed by atoms with Crippen LogP contribution in [0.4, 0.5) is 0 Å². The molecule has 0 aromatic carbocycles. The molecule has 1 rings (SSSR count). The maximum atomic E-state index is 5.63. The van der Waals surface area contributed by atoms with Crippen molar-refractivity contribution in [3.8, 4) is 0 Å². The van der Waals surface area contributed by atoms with E-state index in [1.807, 2.05) is 6.20 Å². The molecule has 0 unspecified atom stereocenters. The molecular formula is C14H27N3. The molecule has 0 aliphatic carbocycles. The summed E-state index contributed by atoms with van der Waals surface area (Å²) in [6.07, 6.45) is 11.3. The molecular weight excluding hydrogens is 210 g/mol. The van der Waals surface area contributed by atoms with Crippen LogP contribution in [0.1, 0.15) is 63.1 Å². The molecule has 17 heavy (non-hydrogen) atoms. The normalized spacial score (nSPS) is 11.0. The summed E-state index contributed by atoms with van der Waals surface area (Å²) in [4.78, 5) is 0. The van der Waals surface area contributed by atoms with E-state index in [0.29, 0.717) is 6.54 Å². The molecule has 98 valence electrons. The lowest BCUT2D eigenvalue weighted by molar-refractivity contribution is 0.515. The van der Waals surface area contributed by atoms with Crippen LogP contribution < -0.4 is 5.73 Å². The third-order valence-corrected chi connectivity index (χ3v) is 3.40. The Balaban J connectivity index is 2.11. The van der Waals surface area contributed by atoms with Crippen LogP contribution in [0.2, 0.25) is 0 Å². The van der Waals surface area contributed by atoms with Gasteiger partial charge in [0.25, 0.3) is 0 Å². The van der Waals surface area contributed by atoms with Crippen molar-refractivity contribution in [3.05, 3.63) is 17.5 Å². The smallest absolute Gasteiger partial charge is 0.0537 e. The molecule has 0 radical (unpaired) electrons. The molecule has 0 saturated heterocycles. The standard InChI is InChI=1S/C14H27N3/c1-3-4-5-6-7-8-9-10-17-13(2)14(11-15)12-16-17/h12H,3-11,15H2,1-2H3. The SMILES string of the molecule is CCCCCCCCCn1ncc(CN)c1C. The molecule has 1 aromatic rings. The van der Waals surface area contributed by atoms with E-state index in [1.54, 1.807) is 0 Å². The zero-order valence-electron chi connectivity index (χ0n) is 11.4. The lowest BCUT2D eigenvalue weighted by atomic mass is 10.1. The van der Waals surface area contributed by atoms with E-state index in [9.17, 15) is 0 Å². The highest BCUT2D eigenvalue weighted by atomic mass is 15.3. The summed E-state index contributed by atoms with van der Waals surface area (Å²) >= 11 is 0. The molecule has 1 heterocycles. The molecule has 0 bridgehead atoms. The Labute approximate surface area is 105 Å². The second kappa shape index (κ2) is 8.29. The molecule has 3 nitrogen and oxygen atoms in total. The second-order valence-corrected chi connectivity index (χ2v) is 4.80. The molecule has 0 amide bonds. The molecule has 1 aromatic heterocycles. The summed E-state index contributed by atoms with van der Waals surface area (Å²) in [7, 11) is 0. The Bertz CT molecular complexity index is 304. The Hall–Kier alpha value is -0.830. The number of aryl methyl sites for hydroxylation is 1. The fourth-order valence-electron chi connectivity index (χ4n) is 2.13. The molecule has 3 heteroatoms. The summed E-state index contributed by atoms with van der Waals surface area (Å²) in [5.74, 6) is 0. The zero-order chi connectivity index (χ0) is 12.5. The molecule has 2 N–H and O–H groups in total. The van der Waals surface area contributed by atoms with Crippen LogP contribution in [0.15, 0.2) is 6.20 Å². The maximum Gasteiger partial charge on any atom is 0.0537 e. The van der Waals surface area contributed by atoms with Gasteiger partial charge < -0.3 is 5.73 Å². The number of nitrogens with two attached hydrogens (primary N) is 1. The van der Waals surface area contributed by atoms with Crippen molar-refractivity contribution in [1.29, 1.82) is 0 Å². The van der Waals surface area contributed by atoms with Crippen molar-refractivity contribution in [1.82, 2.24) is 9.78 Å². The van der Waals surface area contributed by atoms with Gasteiger partial charge in [-0.1, -0.05) is 45.4 Å². The average Bonchev–Trinajstić information content (AvgIpc) is 2.69. The number of aromatic nitrogens is 2. The minimum absolute atomic E-state index is 0.600. The van der Waals surface area contributed by atoms with E-state index in [2.05, 4.69) is 23.6 Å². The van der Waals surface area contributed by atoms with E-state index in [-0.39, 0.29) is 0 Å². The van der Waals surface area contributed by atoms with Gasteiger partial charge in [0.15, 0.2) is 0 Å². The summed E-state index contributed by atoms with van der Waals surface area (Å²) in [5.41, 5.74) is 8.04. The van der Waals surface area contributed by atoms with Gasteiger partial charge in [0.05, 0.1) is 6.20 Å². The quantitative estimate of drug-likeness (QED) is 0.669. The van der Waals surface area contributed by atoms with Crippen LogP contribution in [-0.4, -0.2) is 9.78 Å². The van der Waals surface area contributed by atoms with Gasteiger partial charge in [-0.3, -0.25) is 4.68 Å². The molecule has 0 spiro atoms. The van der Waals surface area contributed by atoms with E-state index in [1.165, 1.54) is 56.2 Å². The molecule has 0 saturated carbocycles. The van der Waals surface area contributed by atoms with Crippen LogP contribution in [0.5, 0.6) is 0 Å². The van der Waals surface area contributed by atoms with Crippen LogP contribution in [-0.2, 0) is 13.1 Å². The number of rotatable bonds is 9. The number of nitrogens with zero attached hydrogens (tertiary/aromatic N) is 2. The number of hydrogen-bond acceptors (Lipinski definition) is 2. The first-order valence-corrected chi connectivity index (χ1v) is 7.01. The van der Waals surface area contributed by atoms with Gasteiger partial charge in [0.2, 0.25) is 0 Å². The summed E-state index contributed by atoms with van der Waals surface area (Å²) in [6.45, 7) is 6.01. The fraction of sp³-hybridized carbons (Fsp3) is 0.786. The molecule has 0 aliphatic rings. The van der Waals surface area contributed by atoms with Crippen molar-refractivity contribution in [3.63, 3.8) is 0 Å². The van der Waals surface area contributed by atoms with Crippen molar-refractivity contribution < 1.29 is 0 Å². The predicted molar refractivity (Wildman–Crippen MR) is 72.8 cm³/mol. The van der Waals surface area contributed by atoms with Crippen LogP contribution >= 0.6 is 0 Å². The topological polar surface area (TPSA) is 43.8 Å². The number of hydrogen-bond donors (Lipinski definition) is 1. The predicted octanol–water partition coefficient (Wildman–Crippen LogP) is 3.40. The third-order valence-electron chi connectivity index (χ3n) is 3.40. The van der Waals surface area contributed by atoms with Crippen molar-refractivity contribution in [2.75, 3.05) is 0 Å². The zero-order valence-corrected chi connectivity index (χ0v) is 11.4. The minimum atomic E-state index is 0.600. The first-order valence-electron chi connectivity index (χ1n) is 7.01. The van der Waals surface area contributed by atoms with Gasteiger partial charge in [-0.05, 0) is 13.3 Å². The second-order valence-electron chi connectivity index (χ2n) is 4.80. The van der Waals surface area contributed by atoms with Crippen molar-refractivity contribution >= 4 is 0 Å². The molecule has 0 aliphatic heterocycles. The van der Waals surface area contributed by atoms with E-state index >= 15 is 0 Å². The first kappa shape index (κ1) is 14.2. The fourth-order valence-corrected chi connectivity index (χ4v) is 2.13. The van der Waals surface area contributed by atoms with Crippen LogP contribution in [0, 0.1) is 6.92 Å². The minimum Gasteiger partial charge on any atom is -0.326 e. The highest BCUT2D eigenvalue weighted by molar-refractivity contribution is 5.15. The summed E-state index contributed by atoms with van der Waals surface area (Å²) < 4.78 is 2.09. The van der Waals surface area contributed by atoms with Gasteiger partial charge >= 0.3 is 0 Å². The monoisotopic (exact) mass is 237 g/mol. The van der Waals surface area contributed by atoms with Gasteiger partial charge in [0, 0.05) is 24.3 Å². The average molecular weight is 237 g/mol.